The monoisotopic (exact) mass is 424 g/mol. The van der Waals surface area contributed by atoms with Crippen LogP contribution in [0.1, 0.15) is 125 Å². The number of hydrogen-bond acceptors (Lipinski definition) is 4. The number of Topliss-reactive ketones (excluding diaryl/α,β-unsaturated/α-hetero) is 1. The molecule has 1 fully saturated rings. The maximum absolute atomic E-state index is 12.5. The lowest BCUT2D eigenvalue weighted by molar-refractivity contribution is -0.143. The Morgan fingerprint density at radius 1 is 1.00 bits per heavy atom. The SMILES string of the molecule is CCCCCC(CC[C@H]1CCC(=O)[C@@H]1CCCCCCC(=O)OCC)OC(C)(C)C. The van der Waals surface area contributed by atoms with Gasteiger partial charge in [0.25, 0.3) is 0 Å². The van der Waals surface area contributed by atoms with Gasteiger partial charge >= 0.3 is 5.97 Å². The molecule has 1 rings (SSSR count). The van der Waals surface area contributed by atoms with Crippen molar-refractivity contribution in [3.8, 4) is 0 Å². The minimum Gasteiger partial charge on any atom is -0.466 e. The first-order chi connectivity index (χ1) is 14.3. The maximum atomic E-state index is 12.5. The molecule has 3 atom stereocenters. The Kier molecular flexibility index (Phi) is 13.6. The van der Waals surface area contributed by atoms with Crippen molar-refractivity contribution in [3.05, 3.63) is 0 Å². The van der Waals surface area contributed by atoms with Gasteiger partial charge in [0, 0.05) is 18.8 Å². The second kappa shape index (κ2) is 15.0. The highest BCUT2D eigenvalue weighted by Gasteiger charge is 2.34. The molecule has 1 aliphatic carbocycles. The number of carbonyl (C=O) groups is 2. The van der Waals surface area contributed by atoms with Crippen LogP contribution in [0.3, 0.4) is 0 Å². The molecular formula is C26H48O4. The van der Waals surface area contributed by atoms with E-state index in [4.69, 9.17) is 9.47 Å². The van der Waals surface area contributed by atoms with E-state index in [1.807, 2.05) is 6.92 Å². The summed E-state index contributed by atoms with van der Waals surface area (Å²) < 4.78 is 11.3. The van der Waals surface area contributed by atoms with Gasteiger partial charge in [-0.3, -0.25) is 9.59 Å². The lowest BCUT2D eigenvalue weighted by Gasteiger charge is -2.29. The van der Waals surface area contributed by atoms with Gasteiger partial charge in [0.05, 0.1) is 18.3 Å². The van der Waals surface area contributed by atoms with Crippen molar-refractivity contribution in [1.29, 1.82) is 0 Å². The highest BCUT2D eigenvalue weighted by atomic mass is 16.5. The van der Waals surface area contributed by atoms with E-state index in [1.54, 1.807) is 0 Å². The minimum absolute atomic E-state index is 0.0884. The molecule has 0 aromatic rings. The van der Waals surface area contributed by atoms with Crippen LogP contribution < -0.4 is 0 Å². The van der Waals surface area contributed by atoms with Crippen molar-refractivity contribution in [1.82, 2.24) is 0 Å². The predicted molar refractivity (Wildman–Crippen MR) is 124 cm³/mol. The van der Waals surface area contributed by atoms with E-state index in [1.165, 1.54) is 19.3 Å². The molecule has 4 heteroatoms. The highest BCUT2D eigenvalue weighted by molar-refractivity contribution is 5.83. The third-order valence-electron chi connectivity index (χ3n) is 6.20. The standard InChI is InChI=1S/C26H48O4/c1-6-8-11-14-22(30-26(3,4)5)19-17-21-18-20-24(27)23(21)15-12-9-10-13-16-25(28)29-7-2/h21-23H,6-20H2,1-5H3/t21-,22?,23+/m0/s1. The van der Waals surface area contributed by atoms with Crippen LogP contribution in [-0.2, 0) is 19.1 Å². The summed E-state index contributed by atoms with van der Waals surface area (Å²) in [6.45, 7) is 11.0. The van der Waals surface area contributed by atoms with E-state index in [9.17, 15) is 9.59 Å². The summed E-state index contributed by atoms with van der Waals surface area (Å²) in [4.78, 5) is 23.8. The smallest absolute Gasteiger partial charge is 0.305 e. The fourth-order valence-corrected chi connectivity index (χ4v) is 4.72. The van der Waals surface area contributed by atoms with Crippen LogP contribution >= 0.6 is 0 Å². The lowest BCUT2D eigenvalue weighted by Crippen LogP contribution is -2.28. The molecule has 0 heterocycles. The largest absolute Gasteiger partial charge is 0.466 e. The summed E-state index contributed by atoms with van der Waals surface area (Å²) in [5, 5.41) is 0. The van der Waals surface area contributed by atoms with E-state index in [0.717, 1.165) is 64.2 Å². The van der Waals surface area contributed by atoms with Gasteiger partial charge in [-0.25, -0.2) is 0 Å². The van der Waals surface area contributed by atoms with Gasteiger partial charge in [0.2, 0.25) is 0 Å². The number of esters is 1. The fourth-order valence-electron chi connectivity index (χ4n) is 4.72. The zero-order chi connectivity index (χ0) is 22.4. The second-order valence-corrected chi connectivity index (χ2v) is 10.1. The second-order valence-electron chi connectivity index (χ2n) is 10.1. The number of rotatable bonds is 16. The number of hydrogen-bond donors (Lipinski definition) is 0. The molecule has 30 heavy (non-hydrogen) atoms. The van der Waals surface area contributed by atoms with Crippen molar-refractivity contribution in [2.45, 2.75) is 136 Å². The van der Waals surface area contributed by atoms with Crippen molar-refractivity contribution < 1.29 is 19.1 Å². The first-order valence-electron chi connectivity index (χ1n) is 12.6. The normalized spacial score (nSPS) is 20.5. The van der Waals surface area contributed by atoms with Crippen molar-refractivity contribution >= 4 is 11.8 Å². The molecule has 0 saturated heterocycles. The molecule has 0 spiro atoms. The molecule has 0 radical (unpaired) electrons. The Morgan fingerprint density at radius 3 is 2.40 bits per heavy atom. The Morgan fingerprint density at radius 2 is 1.73 bits per heavy atom. The molecule has 4 nitrogen and oxygen atoms in total. The van der Waals surface area contributed by atoms with Crippen LogP contribution in [0, 0.1) is 11.8 Å². The quantitative estimate of drug-likeness (QED) is 0.197. The average molecular weight is 425 g/mol. The molecule has 0 aromatic carbocycles. The molecule has 1 unspecified atom stereocenters. The molecule has 0 amide bonds. The number of unbranched alkanes of at least 4 members (excludes halogenated alkanes) is 5. The predicted octanol–water partition coefficient (Wildman–Crippen LogP) is 7.03. The van der Waals surface area contributed by atoms with Crippen LogP contribution in [-0.4, -0.2) is 30.1 Å². The summed E-state index contributed by atoms with van der Waals surface area (Å²) in [6, 6.07) is 0. The van der Waals surface area contributed by atoms with E-state index >= 15 is 0 Å². The van der Waals surface area contributed by atoms with Crippen LogP contribution in [0.5, 0.6) is 0 Å². The molecule has 1 aliphatic rings. The third kappa shape index (κ3) is 12.1. The van der Waals surface area contributed by atoms with E-state index < -0.39 is 0 Å². The molecule has 0 bridgehead atoms. The van der Waals surface area contributed by atoms with Gasteiger partial charge in [-0.2, -0.15) is 0 Å². The molecular weight excluding hydrogens is 376 g/mol. The maximum Gasteiger partial charge on any atom is 0.305 e. The minimum atomic E-state index is -0.106. The summed E-state index contributed by atoms with van der Waals surface area (Å²) in [5.74, 6) is 1.18. The van der Waals surface area contributed by atoms with Gasteiger partial charge in [0.15, 0.2) is 0 Å². The van der Waals surface area contributed by atoms with Crippen LogP contribution in [0.15, 0.2) is 0 Å². The molecule has 0 aliphatic heterocycles. The van der Waals surface area contributed by atoms with Gasteiger partial charge in [-0.05, 0) is 72.1 Å². The summed E-state index contributed by atoms with van der Waals surface area (Å²) in [5.41, 5.74) is -0.106. The lowest BCUT2D eigenvalue weighted by atomic mass is 9.85. The van der Waals surface area contributed by atoms with E-state index in [0.29, 0.717) is 30.8 Å². The first kappa shape index (κ1) is 27.1. The zero-order valence-electron chi connectivity index (χ0n) is 20.5. The van der Waals surface area contributed by atoms with Crippen molar-refractivity contribution in [2.75, 3.05) is 6.61 Å². The van der Waals surface area contributed by atoms with Gasteiger partial charge in [-0.1, -0.05) is 45.4 Å². The van der Waals surface area contributed by atoms with E-state index in [-0.39, 0.29) is 17.5 Å². The van der Waals surface area contributed by atoms with Crippen LogP contribution in [0.4, 0.5) is 0 Å². The third-order valence-corrected chi connectivity index (χ3v) is 6.20. The zero-order valence-corrected chi connectivity index (χ0v) is 20.5. The average Bonchev–Trinajstić information content (AvgIpc) is 3.01. The Labute approximate surface area is 185 Å². The van der Waals surface area contributed by atoms with E-state index in [2.05, 4.69) is 27.7 Å². The molecule has 0 N–H and O–H groups in total. The number of ketones is 1. The van der Waals surface area contributed by atoms with Crippen LogP contribution in [0.2, 0.25) is 0 Å². The van der Waals surface area contributed by atoms with Crippen molar-refractivity contribution in [2.24, 2.45) is 11.8 Å². The molecule has 0 aromatic heterocycles. The Bertz CT molecular complexity index is 480. The first-order valence-corrected chi connectivity index (χ1v) is 12.6. The summed E-state index contributed by atoms with van der Waals surface area (Å²) >= 11 is 0. The van der Waals surface area contributed by atoms with Crippen LogP contribution in [0.25, 0.3) is 0 Å². The van der Waals surface area contributed by atoms with Crippen molar-refractivity contribution in [3.63, 3.8) is 0 Å². The Balaban J connectivity index is 2.36. The molecule has 1 saturated carbocycles. The summed E-state index contributed by atoms with van der Waals surface area (Å²) in [6.07, 6.45) is 14.9. The number of carbonyl (C=O) groups excluding carboxylic acids is 2. The fraction of sp³-hybridized carbons (Fsp3) is 0.923. The highest BCUT2D eigenvalue weighted by Crippen LogP contribution is 2.37. The summed E-state index contributed by atoms with van der Waals surface area (Å²) in [7, 11) is 0. The van der Waals surface area contributed by atoms with Gasteiger partial charge in [0.1, 0.15) is 5.78 Å². The van der Waals surface area contributed by atoms with Gasteiger partial charge in [-0.15, -0.1) is 0 Å². The van der Waals surface area contributed by atoms with Gasteiger partial charge < -0.3 is 9.47 Å². The molecule has 176 valence electrons. The topological polar surface area (TPSA) is 52.6 Å². The number of ether oxygens (including phenoxy) is 2. The Hall–Kier alpha value is -0.900.